The highest BCUT2D eigenvalue weighted by Crippen LogP contribution is 2.12. The fraction of sp³-hybridized carbons (Fsp3) is 0.455. The molecule has 2 aromatic heterocycles. The van der Waals surface area contributed by atoms with E-state index in [2.05, 4.69) is 15.1 Å². The van der Waals surface area contributed by atoms with Gasteiger partial charge in [-0.25, -0.2) is 9.50 Å². The fourth-order valence-corrected chi connectivity index (χ4v) is 1.62. The fourth-order valence-electron chi connectivity index (χ4n) is 1.62. The predicted octanol–water partition coefficient (Wildman–Crippen LogP) is 0.581. The molecule has 6 nitrogen and oxygen atoms in total. The molecule has 0 aliphatic carbocycles. The Labute approximate surface area is 98.9 Å². The van der Waals surface area contributed by atoms with Crippen molar-refractivity contribution < 1.29 is 4.79 Å². The van der Waals surface area contributed by atoms with Crippen molar-refractivity contribution in [2.45, 2.75) is 27.2 Å². The number of aryl methyl sites for hydroxylation is 2. The van der Waals surface area contributed by atoms with Crippen molar-refractivity contribution in [3.05, 3.63) is 22.8 Å². The van der Waals surface area contributed by atoms with Gasteiger partial charge in [-0.1, -0.05) is 0 Å². The maximum Gasteiger partial charge on any atom is 0.253 e. The van der Waals surface area contributed by atoms with E-state index in [-0.39, 0.29) is 18.0 Å². The number of nitrogens with zero attached hydrogens (tertiary/aromatic N) is 4. The predicted molar refractivity (Wildman–Crippen MR) is 63.0 cm³/mol. The van der Waals surface area contributed by atoms with Crippen molar-refractivity contribution in [1.82, 2.24) is 19.6 Å². The highest BCUT2D eigenvalue weighted by molar-refractivity contribution is 5.92. The van der Waals surface area contributed by atoms with Crippen LogP contribution in [-0.2, 0) is 0 Å². The first kappa shape index (κ1) is 11.7. The van der Waals surface area contributed by atoms with Gasteiger partial charge < -0.3 is 5.73 Å². The Balaban J connectivity index is 2.58. The number of aromatic nitrogens is 4. The Kier molecular flexibility index (Phi) is 2.89. The van der Waals surface area contributed by atoms with Crippen LogP contribution in [0.5, 0.6) is 0 Å². The summed E-state index contributed by atoms with van der Waals surface area (Å²) in [6, 6.07) is 0. The quantitative estimate of drug-likeness (QED) is 0.784. The molecule has 0 radical (unpaired) electrons. The van der Waals surface area contributed by atoms with Crippen molar-refractivity contribution in [2.75, 3.05) is 6.54 Å². The van der Waals surface area contributed by atoms with Gasteiger partial charge in [-0.15, -0.1) is 5.10 Å². The van der Waals surface area contributed by atoms with Gasteiger partial charge in [0.05, 0.1) is 0 Å². The normalized spacial score (nSPS) is 11.1. The molecule has 2 heterocycles. The number of nitrogens with two attached hydrogens (primary N) is 1. The second-order valence-electron chi connectivity index (χ2n) is 4.02. The Morgan fingerprint density at radius 3 is 2.65 bits per heavy atom. The summed E-state index contributed by atoms with van der Waals surface area (Å²) in [4.78, 5) is 20.1. The molecule has 0 saturated carbocycles. The minimum atomic E-state index is -0.146. The minimum Gasteiger partial charge on any atom is -0.330 e. The smallest absolute Gasteiger partial charge is 0.253 e. The van der Waals surface area contributed by atoms with Crippen LogP contribution in [0, 0.1) is 20.8 Å². The van der Waals surface area contributed by atoms with Gasteiger partial charge in [0.2, 0.25) is 11.6 Å². The largest absolute Gasteiger partial charge is 0.330 e. The molecule has 0 aliphatic rings. The summed E-state index contributed by atoms with van der Waals surface area (Å²) in [5, 5.41) is 4.17. The number of carbonyl (C=O) groups is 1. The molecule has 2 N–H and O–H groups in total. The van der Waals surface area contributed by atoms with Gasteiger partial charge in [-0.3, -0.25) is 4.79 Å². The van der Waals surface area contributed by atoms with E-state index in [0.29, 0.717) is 12.3 Å². The van der Waals surface area contributed by atoms with Crippen LogP contribution in [-0.4, -0.2) is 31.9 Å². The monoisotopic (exact) mass is 233 g/mol. The Bertz CT molecular complexity index is 587. The van der Waals surface area contributed by atoms with E-state index in [1.54, 1.807) is 4.52 Å². The van der Waals surface area contributed by atoms with Crippen LogP contribution in [0.15, 0.2) is 0 Å². The van der Waals surface area contributed by atoms with Crippen LogP contribution in [0.25, 0.3) is 5.78 Å². The van der Waals surface area contributed by atoms with Crippen molar-refractivity contribution in [3.8, 4) is 0 Å². The summed E-state index contributed by atoms with van der Waals surface area (Å²) in [5.74, 6) is 0.509. The summed E-state index contributed by atoms with van der Waals surface area (Å²) >= 11 is 0. The molecular weight excluding hydrogens is 218 g/mol. The van der Waals surface area contributed by atoms with Crippen molar-refractivity contribution >= 4 is 11.6 Å². The number of hydrogen-bond donors (Lipinski definition) is 1. The van der Waals surface area contributed by atoms with Gasteiger partial charge in [0.15, 0.2) is 0 Å². The van der Waals surface area contributed by atoms with Crippen molar-refractivity contribution in [2.24, 2.45) is 5.73 Å². The standard InChI is InChI=1S/C11H15N5O/c1-6-7(2)13-11-14-10(9(17)4-5-12)15-16(11)8(6)3/h4-5,12H2,1-3H3. The number of carbonyl (C=O) groups excluding carboxylic acids is 1. The molecule has 17 heavy (non-hydrogen) atoms. The SMILES string of the molecule is Cc1nc2nc(C(=O)CCN)nn2c(C)c1C. The van der Waals surface area contributed by atoms with Gasteiger partial charge in [0.25, 0.3) is 5.78 Å². The van der Waals surface area contributed by atoms with Crippen LogP contribution in [0.2, 0.25) is 0 Å². The van der Waals surface area contributed by atoms with E-state index in [0.717, 1.165) is 17.0 Å². The molecule has 0 bridgehead atoms. The third-order valence-electron chi connectivity index (χ3n) is 2.88. The highest BCUT2D eigenvalue weighted by Gasteiger charge is 2.15. The summed E-state index contributed by atoms with van der Waals surface area (Å²) in [6.45, 7) is 6.13. The number of hydrogen-bond acceptors (Lipinski definition) is 5. The van der Waals surface area contributed by atoms with Gasteiger partial charge >= 0.3 is 0 Å². The first-order chi connectivity index (χ1) is 8.04. The first-order valence-corrected chi connectivity index (χ1v) is 5.48. The lowest BCUT2D eigenvalue weighted by Crippen LogP contribution is -2.10. The van der Waals surface area contributed by atoms with E-state index < -0.39 is 0 Å². The second kappa shape index (κ2) is 4.21. The number of fused-ring (bicyclic) bond motifs is 1. The molecule has 0 aromatic carbocycles. The molecule has 6 heteroatoms. The topological polar surface area (TPSA) is 86.2 Å². The molecule has 0 unspecified atom stereocenters. The third kappa shape index (κ3) is 1.91. The molecule has 90 valence electrons. The number of Topliss-reactive ketones (excluding diaryl/α,β-unsaturated/α-hetero) is 1. The van der Waals surface area contributed by atoms with E-state index in [9.17, 15) is 4.79 Å². The lowest BCUT2D eigenvalue weighted by molar-refractivity contribution is 0.0975. The van der Waals surface area contributed by atoms with Gasteiger partial charge in [-0.05, 0) is 32.9 Å². The first-order valence-electron chi connectivity index (χ1n) is 5.48. The summed E-state index contributed by atoms with van der Waals surface area (Å²) in [6.07, 6.45) is 0.258. The lowest BCUT2D eigenvalue weighted by atomic mass is 10.2. The molecule has 0 atom stereocenters. The molecular formula is C11H15N5O. The van der Waals surface area contributed by atoms with Crippen LogP contribution in [0.3, 0.4) is 0 Å². The Morgan fingerprint density at radius 1 is 1.29 bits per heavy atom. The number of ketones is 1. The van der Waals surface area contributed by atoms with Gasteiger partial charge in [0.1, 0.15) is 0 Å². The molecule has 0 aliphatic heterocycles. The number of rotatable bonds is 3. The average Bonchev–Trinajstić information content (AvgIpc) is 2.70. The summed E-state index contributed by atoms with van der Waals surface area (Å²) < 4.78 is 1.60. The average molecular weight is 233 g/mol. The molecule has 2 aromatic rings. The maximum absolute atomic E-state index is 11.6. The van der Waals surface area contributed by atoms with E-state index >= 15 is 0 Å². The van der Waals surface area contributed by atoms with Crippen LogP contribution < -0.4 is 5.73 Å². The van der Waals surface area contributed by atoms with Crippen LogP contribution in [0.1, 0.15) is 34.0 Å². The molecule has 0 fully saturated rings. The maximum atomic E-state index is 11.6. The summed E-state index contributed by atoms with van der Waals surface area (Å²) in [7, 11) is 0. The van der Waals surface area contributed by atoms with Gasteiger partial charge in [0, 0.05) is 17.8 Å². The molecule has 0 saturated heterocycles. The molecule has 0 amide bonds. The zero-order chi connectivity index (χ0) is 12.6. The second-order valence-corrected chi connectivity index (χ2v) is 4.02. The Hall–Kier alpha value is -1.82. The zero-order valence-corrected chi connectivity index (χ0v) is 10.2. The van der Waals surface area contributed by atoms with E-state index in [1.165, 1.54) is 0 Å². The summed E-state index contributed by atoms with van der Waals surface area (Å²) in [5.41, 5.74) is 8.25. The third-order valence-corrected chi connectivity index (χ3v) is 2.88. The van der Waals surface area contributed by atoms with Crippen molar-refractivity contribution in [3.63, 3.8) is 0 Å². The Morgan fingerprint density at radius 2 is 2.00 bits per heavy atom. The van der Waals surface area contributed by atoms with Crippen LogP contribution >= 0.6 is 0 Å². The highest BCUT2D eigenvalue weighted by atomic mass is 16.1. The van der Waals surface area contributed by atoms with Crippen molar-refractivity contribution in [1.29, 1.82) is 0 Å². The molecule has 2 rings (SSSR count). The minimum absolute atomic E-state index is 0.146. The molecule has 0 spiro atoms. The van der Waals surface area contributed by atoms with Gasteiger partial charge in [-0.2, -0.15) is 4.98 Å². The van der Waals surface area contributed by atoms with Crippen LogP contribution in [0.4, 0.5) is 0 Å². The van der Waals surface area contributed by atoms with E-state index in [1.807, 2.05) is 20.8 Å². The lowest BCUT2D eigenvalue weighted by Gasteiger charge is -2.04. The zero-order valence-electron chi connectivity index (χ0n) is 10.2. The van der Waals surface area contributed by atoms with E-state index in [4.69, 9.17) is 5.73 Å².